The molecule has 0 aliphatic carbocycles. The van der Waals surface area contributed by atoms with Crippen LogP contribution in [0, 0.1) is 17.2 Å². The summed E-state index contributed by atoms with van der Waals surface area (Å²) in [4.78, 5) is 9.84. The van der Waals surface area contributed by atoms with Gasteiger partial charge in [-0.05, 0) is 24.2 Å². The van der Waals surface area contributed by atoms with Crippen molar-refractivity contribution in [2.75, 3.05) is 23.4 Å². The van der Waals surface area contributed by atoms with Gasteiger partial charge in [-0.15, -0.1) is 0 Å². The zero-order chi connectivity index (χ0) is 14.0. The largest absolute Gasteiger partial charge is 0.354 e. The first-order chi connectivity index (χ1) is 8.91. The molecule has 1 saturated heterocycles. The molecule has 5 nitrogen and oxygen atoms in total. The molecule has 0 spiro atoms. The third-order valence-electron chi connectivity index (χ3n) is 3.87. The molecule has 0 atom stereocenters. The number of rotatable bonds is 2. The molecule has 106 valence electrons. The zero-order valence-corrected chi connectivity index (χ0v) is 11.8. The van der Waals surface area contributed by atoms with Gasteiger partial charge in [0.1, 0.15) is 0 Å². The van der Waals surface area contributed by atoms with Crippen LogP contribution in [0.5, 0.6) is 0 Å². The second-order valence-electron chi connectivity index (χ2n) is 6.14. The Kier molecular flexibility index (Phi) is 3.89. The van der Waals surface area contributed by atoms with Crippen molar-refractivity contribution in [1.82, 2.24) is 9.97 Å². The fraction of sp³-hybridized carbons (Fsp3) is 0.692. The van der Waals surface area contributed by atoms with Crippen molar-refractivity contribution in [2.24, 2.45) is 17.2 Å². The highest BCUT2D eigenvalue weighted by molar-refractivity contribution is 5.43. The summed E-state index contributed by atoms with van der Waals surface area (Å²) in [7, 11) is 0. The molecule has 0 radical (unpaired) electrons. The molecule has 2 heterocycles. The third-order valence-corrected chi connectivity index (χ3v) is 3.87. The van der Waals surface area contributed by atoms with E-state index in [9.17, 15) is 4.39 Å². The van der Waals surface area contributed by atoms with Crippen LogP contribution in [-0.2, 0) is 0 Å². The molecule has 1 aromatic rings. The molecule has 2 rings (SSSR count). The van der Waals surface area contributed by atoms with Crippen molar-refractivity contribution in [2.45, 2.75) is 33.6 Å². The summed E-state index contributed by atoms with van der Waals surface area (Å²) < 4.78 is 13.8. The quantitative estimate of drug-likeness (QED) is 0.635. The highest BCUT2D eigenvalue weighted by Crippen LogP contribution is 2.35. The lowest BCUT2D eigenvalue weighted by Crippen LogP contribution is -2.39. The van der Waals surface area contributed by atoms with E-state index in [1.54, 1.807) is 0 Å². The first-order valence-corrected chi connectivity index (χ1v) is 6.66. The Labute approximate surface area is 113 Å². The van der Waals surface area contributed by atoms with Gasteiger partial charge in [0.05, 0.1) is 6.20 Å². The number of nitrogens with one attached hydrogen (secondary N) is 1. The van der Waals surface area contributed by atoms with Gasteiger partial charge in [-0.25, -0.2) is 15.2 Å². The standard InChI is InChI=1S/C13H22FN5/c1-13(2,3)9-4-6-19(7-5-9)11-10(14)8-16-12(17-11)18-15/h8-9H,4-7,15H2,1-3H3,(H,16,17,18). The summed E-state index contributed by atoms with van der Waals surface area (Å²) in [5.74, 6) is 6.12. The normalized spacial score (nSPS) is 17.6. The van der Waals surface area contributed by atoms with Crippen molar-refractivity contribution in [3.05, 3.63) is 12.0 Å². The topological polar surface area (TPSA) is 67.1 Å². The Morgan fingerprint density at radius 3 is 2.53 bits per heavy atom. The molecule has 0 unspecified atom stereocenters. The van der Waals surface area contributed by atoms with Crippen molar-refractivity contribution < 1.29 is 4.39 Å². The van der Waals surface area contributed by atoms with Gasteiger partial charge in [-0.2, -0.15) is 4.98 Å². The van der Waals surface area contributed by atoms with Gasteiger partial charge >= 0.3 is 0 Å². The van der Waals surface area contributed by atoms with E-state index in [0.29, 0.717) is 17.2 Å². The van der Waals surface area contributed by atoms with E-state index in [1.807, 2.05) is 4.90 Å². The van der Waals surface area contributed by atoms with Crippen LogP contribution in [0.25, 0.3) is 0 Å². The van der Waals surface area contributed by atoms with Crippen molar-refractivity contribution >= 4 is 11.8 Å². The highest BCUT2D eigenvalue weighted by Gasteiger charge is 2.30. The summed E-state index contributed by atoms with van der Waals surface area (Å²) in [6.45, 7) is 8.42. The number of hydrogen-bond donors (Lipinski definition) is 2. The van der Waals surface area contributed by atoms with E-state index in [4.69, 9.17) is 5.84 Å². The number of piperidine rings is 1. The summed E-state index contributed by atoms with van der Waals surface area (Å²) in [6, 6.07) is 0. The molecule has 0 amide bonds. The number of anilines is 2. The second-order valence-corrected chi connectivity index (χ2v) is 6.14. The minimum absolute atomic E-state index is 0.245. The molecule has 0 saturated carbocycles. The van der Waals surface area contributed by atoms with Gasteiger partial charge in [-0.3, -0.25) is 5.43 Å². The maximum atomic E-state index is 13.8. The van der Waals surface area contributed by atoms with Crippen LogP contribution in [0.4, 0.5) is 16.2 Å². The second kappa shape index (κ2) is 5.28. The van der Waals surface area contributed by atoms with Gasteiger partial charge in [0.25, 0.3) is 0 Å². The van der Waals surface area contributed by atoms with Crippen molar-refractivity contribution in [3.63, 3.8) is 0 Å². The van der Waals surface area contributed by atoms with E-state index >= 15 is 0 Å². The Balaban J connectivity index is 2.09. The fourth-order valence-electron chi connectivity index (χ4n) is 2.61. The van der Waals surface area contributed by atoms with Crippen LogP contribution in [0.2, 0.25) is 0 Å². The minimum Gasteiger partial charge on any atom is -0.354 e. The molecule has 3 N–H and O–H groups in total. The SMILES string of the molecule is CC(C)(C)C1CCN(c2nc(NN)ncc2F)CC1. The van der Waals surface area contributed by atoms with Crippen LogP contribution in [0.15, 0.2) is 6.20 Å². The van der Waals surface area contributed by atoms with Crippen LogP contribution >= 0.6 is 0 Å². The Hall–Kier alpha value is -1.43. The predicted octanol–water partition coefficient (Wildman–Crippen LogP) is 2.16. The maximum absolute atomic E-state index is 13.8. The lowest BCUT2D eigenvalue weighted by molar-refractivity contribution is 0.198. The number of hydrazine groups is 1. The zero-order valence-electron chi connectivity index (χ0n) is 11.8. The van der Waals surface area contributed by atoms with E-state index in [-0.39, 0.29) is 5.95 Å². The molecule has 19 heavy (non-hydrogen) atoms. The van der Waals surface area contributed by atoms with E-state index < -0.39 is 5.82 Å². The van der Waals surface area contributed by atoms with Crippen molar-refractivity contribution in [1.29, 1.82) is 0 Å². The Morgan fingerprint density at radius 1 is 1.37 bits per heavy atom. The van der Waals surface area contributed by atoms with Crippen LogP contribution in [-0.4, -0.2) is 23.1 Å². The average molecular weight is 267 g/mol. The van der Waals surface area contributed by atoms with E-state index in [0.717, 1.165) is 32.1 Å². The van der Waals surface area contributed by atoms with Crippen LogP contribution in [0.3, 0.4) is 0 Å². The summed E-state index contributed by atoms with van der Waals surface area (Å²) in [5.41, 5.74) is 2.66. The van der Waals surface area contributed by atoms with E-state index in [2.05, 4.69) is 36.2 Å². The minimum atomic E-state index is -0.395. The van der Waals surface area contributed by atoms with Crippen LogP contribution in [0.1, 0.15) is 33.6 Å². The maximum Gasteiger partial charge on any atom is 0.239 e. The molecular formula is C13H22FN5. The van der Waals surface area contributed by atoms with Gasteiger partial charge < -0.3 is 4.90 Å². The number of aromatic nitrogens is 2. The number of halogens is 1. The lowest BCUT2D eigenvalue weighted by atomic mass is 9.75. The van der Waals surface area contributed by atoms with Gasteiger partial charge in [0, 0.05) is 13.1 Å². The average Bonchev–Trinajstić information content (AvgIpc) is 2.38. The van der Waals surface area contributed by atoms with Gasteiger partial charge in [-0.1, -0.05) is 20.8 Å². The molecule has 1 aromatic heterocycles. The molecule has 1 fully saturated rings. The first-order valence-electron chi connectivity index (χ1n) is 6.66. The molecule has 1 aliphatic heterocycles. The molecule has 0 bridgehead atoms. The smallest absolute Gasteiger partial charge is 0.239 e. The molecular weight excluding hydrogens is 245 g/mol. The fourth-order valence-corrected chi connectivity index (χ4v) is 2.61. The summed E-state index contributed by atoms with van der Waals surface area (Å²) in [5, 5.41) is 0. The molecule has 0 aromatic carbocycles. The Morgan fingerprint density at radius 2 is 2.00 bits per heavy atom. The highest BCUT2D eigenvalue weighted by atomic mass is 19.1. The number of nitrogen functional groups attached to an aromatic ring is 1. The van der Waals surface area contributed by atoms with E-state index in [1.165, 1.54) is 0 Å². The van der Waals surface area contributed by atoms with Gasteiger partial charge in [0.2, 0.25) is 5.95 Å². The predicted molar refractivity (Wildman–Crippen MR) is 74.2 cm³/mol. The number of nitrogens with two attached hydrogens (primary N) is 1. The van der Waals surface area contributed by atoms with Gasteiger partial charge in [0.15, 0.2) is 11.6 Å². The first kappa shape index (κ1) is 14.0. The monoisotopic (exact) mass is 267 g/mol. The Bertz CT molecular complexity index is 435. The summed E-state index contributed by atoms with van der Waals surface area (Å²) in [6.07, 6.45) is 3.27. The van der Waals surface area contributed by atoms with Crippen LogP contribution < -0.4 is 16.2 Å². The third kappa shape index (κ3) is 3.12. The van der Waals surface area contributed by atoms with Crippen molar-refractivity contribution in [3.8, 4) is 0 Å². The molecule has 6 heteroatoms. The number of nitrogens with zero attached hydrogens (tertiary/aromatic N) is 3. The lowest BCUT2D eigenvalue weighted by Gasteiger charge is -2.39. The number of hydrogen-bond acceptors (Lipinski definition) is 5. The molecule has 1 aliphatic rings. The summed E-state index contributed by atoms with van der Waals surface area (Å²) >= 11 is 0.